The first-order valence-corrected chi connectivity index (χ1v) is 5.45. The maximum atomic E-state index is 13.3. The molecule has 0 fully saturated rings. The van der Waals surface area contributed by atoms with E-state index in [9.17, 15) is 8.78 Å². The van der Waals surface area contributed by atoms with Crippen molar-refractivity contribution in [1.82, 2.24) is 0 Å². The van der Waals surface area contributed by atoms with Gasteiger partial charge in [0.05, 0.1) is 0 Å². The Morgan fingerprint density at radius 3 is 2.44 bits per heavy atom. The van der Waals surface area contributed by atoms with Crippen molar-refractivity contribution in [3.05, 3.63) is 54.1 Å². The van der Waals surface area contributed by atoms with E-state index >= 15 is 0 Å². The minimum Gasteiger partial charge on any atom is -0.399 e. The lowest BCUT2D eigenvalue weighted by Gasteiger charge is -2.04. The van der Waals surface area contributed by atoms with Gasteiger partial charge in [0.15, 0.2) is 0 Å². The molecule has 2 aromatic rings. The second-order valence-electron chi connectivity index (χ2n) is 3.25. The van der Waals surface area contributed by atoms with E-state index < -0.39 is 5.82 Å². The molecule has 0 spiro atoms. The van der Waals surface area contributed by atoms with E-state index in [1.807, 2.05) is 0 Å². The first-order valence-electron chi connectivity index (χ1n) is 4.63. The van der Waals surface area contributed by atoms with Crippen LogP contribution in [0.15, 0.2) is 52.3 Å². The molecule has 4 heteroatoms. The largest absolute Gasteiger partial charge is 0.399 e. The number of rotatable bonds is 2. The number of benzene rings is 2. The van der Waals surface area contributed by atoms with E-state index in [0.29, 0.717) is 15.5 Å². The molecular formula is C12H9F2NS. The third-order valence-electron chi connectivity index (χ3n) is 1.96. The molecule has 0 saturated heterocycles. The van der Waals surface area contributed by atoms with Crippen LogP contribution in [0.1, 0.15) is 0 Å². The average molecular weight is 237 g/mol. The summed E-state index contributed by atoms with van der Waals surface area (Å²) in [7, 11) is 0. The molecule has 2 N–H and O–H groups in total. The molecule has 16 heavy (non-hydrogen) atoms. The molecule has 0 amide bonds. The standard InChI is InChI=1S/C12H9F2NS/c13-8-5-9(15)7-10(6-8)16-12-4-2-1-3-11(12)14/h1-7H,15H2. The summed E-state index contributed by atoms with van der Waals surface area (Å²) in [6.07, 6.45) is 0. The van der Waals surface area contributed by atoms with E-state index in [1.54, 1.807) is 24.3 Å². The van der Waals surface area contributed by atoms with Crippen molar-refractivity contribution in [3.8, 4) is 0 Å². The first kappa shape index (κ1) is 11.0. The van der Waals surface area contributed by atoms with E-state index in [0.717, 1.165) is 11.8 Å². The summed E-state index contributed by atoms with van der Waals surface area (Å²) in [5.41, 5.74) is 5.84. The highest BCUT2D eigenvalue weighted by atomic mass is 32.2. The van der Waals surface area contributed by atoms with E-state index in [1.165, 1.54) is 18.2 Å². The monoisotopic (exact) mass is 237 g/mol. The molecular weight excluding hydrogens is 228 g/mol. The van der Waals surface area contributed by atoms with Crippen molar-refractivity contribution in [3.63, 3.8) is 0 Å². The molecule has 0 aliphatic heterocycles. The Labute approximate surface area is 96.3 Å². The first-order chi connectivity index (χ1) is 7.65. The van der Waals surface area contributed by atoms with Gasteiger partial charge in [0.2, 0.25) is 0 Å². The van der Waals surface area contributed by atoms with Crippen LogP contribution in [-0.2, 0) is 0 Å². The Kier molecular flexibility index (Phi) is 3.10. The van der Waals surface area contributed by atoms with Crippen LogP contribution in [0.3, 0.4) is 0 Å². The van der Waals surface area contributed by atoms with Crippen LogP contribution in [0.5, 0.6) is 0 Å². The van der Waals surface area contributed by atoms with Gasteiger partial charge in [0, 0.05) is 15.5 Å². The zero-order valence-electron chi connectivity index (χ0n) is 8.28. The average Bonchev–Trinajstić information content (AvgIpc) is 2.20. The lowest BCUT2D eigenvalue weighted by atomic mass is 10.3. The zero-order chi connectivity index (χ0) is 11.5. The molecule has 2 rings (SSSR count). The van der Waals surface area contributed by atoms with Crippen LogP contribution in [0, 0.1) is 11.6 Å². The fourth-order valence-corrected chi connectivity index (χ4v) is 2.23. The molecule has 2 aromatic carbocycles. The number of nitrogen functional groups attached to an aromatic ring is 1. The lowest BCUT2D eigenvalue weighted by Crippen LogP contribution is -1.87. The lowest BCUT2D eigenvalue weighted by molar-refractivity contribution is 0.601. The van der Waals surface area contributed by atoms with Crippen LogP contribution < -0.4 is 5.73 Å². The van der Waals surface area contributed by atoms with Gasteiger partial charge in [-0.2, -0.15) is 0 Å². The smallest absolute Gasteiger partial charge is 0.137 e. The molecule has 0 saturated carbocycles. The summed E-state index contributed by atoms with van der Waals surface area (Å²) in [5, 5.41) is 0. The fraction of sp³-hybridized carbons (Fsp3) is 0. The number of hydrogen-bond donors (Lipinski definition) is 1. The van der Waals surface area contributed by atoms with Crippen molar-refractivity contribution < 1.29 is 8.78 Å². The zero-order valence-corrected chi connectivity index (χ0v) is 9.10. The van der Waals surface area contributed by atoms with Crippen LogP contribution in [0.2, 0.25) is 0 Å². The summed E-state index contributed by atoms with van der Waals surface area (Å²) >= 11 is 1.15. The van der Waals surface area contributed by atoms with Gasteiger partial charge in [-0.3, -0.25) is 0 Å². The van der Waals surface area contributed by atoms with Crippen LogP contribution in [-0.4, -0.2) is 0 Å². The highest BCUT2D eigenvalue weighted by Gasteiger charge is 2.05. The second-order valence-corrected chi connectivity index (χ2v) is 4.37. The molecule has 0 heterocycles. The second kappa shape index (κ2) is 4.53. The van der Waals surface area contributed by atoms with Crippen LogP contribution >= 0.6 is 11.8 Å². The highest BCUT2D eigenvalue weighted by Crippen LogP contribution is 2.31. The van der Waals surface area contributed by atoms with Crippen LogP contribution in [0.4, 0.5) is 14.5 Å². The Balaban J connectivity index is 2.30. The van der Waals surface area contributed by atoms with Gasteiger partial charge in [-0.25, -0.2) is 8.78 Å². The van der Waals surface area contributed by atoms with Crippen molar-refractivity contribution in [1.29, 1.82) is 0 Å². The van der Waals surface area contributed by atoms with Crippen LogP contribution in [0.25, 0.3) is 0 Å². The van der Waals surface area contributed by atoms with Crippen molar-refractivity contribution >= 4 is 17.4 Å². The molecule has 0 radical (unpaired) electrons. The quantitative estimate of drug-likeness (QED) is 0.806. The molecule has 0 aliphatic carbocycles. The molecule has 0 bridgehead atoms. The normalized spacial score (nSPS) is 10.4. The minimum atomic E-state index is -0.418. The third kappa shape index (κ3) is 2.52. The van der Waals surface area contributed by atoms with Gasteiger partial charge in [-0.05, 0) is 30.3 Å². The van der Waals surface area contributed by atoms with E-state index in [2.05, 4.69) is 0 Å². The van der Waals surface area contributed by atoms with Crippen molar-refractivity contribution in [2.45, 2.75) is 9.79 Å². The number of halogens is 2. The SMILES string of the molecule is Nc1cc(F)cc(Sc2ccccc2F)c1. The maximum absolute atomic E-state index is 13.3. The van der Waals surface area contributed by atoms with Gasteiger partial charge < -0.3 is 5.73 Å². The van der Waals surface area contributed by atoms with Gasteiger partial charge in [0.25, 0.3) is 0 Å². The number of nitrogens with two attached hydrogens (primary N) is 1. The van der Waals surface area contributed by atoms with Gasteiger partial charge in [-0.1, -0.05) is 23.9 Å². The summed E-state index contributed by atoms with van der Waals surface area (Å²) in [6, 6.07) is 10.5. The van der Waals surface area contributed by atoms with E-state index in [4.69, 9.17) is 5.73 Å². The number of hydrogen-bond acceptors (Lipinski definition) is 2. The maximum Gasteiger partial charge on any atom is 0.137 e. The van der Waals surface area contributed by atoms with Gasteiger partial charge >= 0.3 is 0 Å². The molecule has 1 nitrogen and oxygen atoms in total. The predicted molar refractivity (Wildman–Crippen MR) is 61.3 cm³/mol. The molecule has 0 atom stereocenters. The van der Waals surface area contributed by atoms with Crippen molar-refractivity contribution in [2.24, 2.45) is 0 Å². The number of anilines is 1. The molecule has 82 valence electrons. The highest BCUT2D eigenvalue weighted by molar-refractivity contribution is 7.99. The minimum absolute atomic E-state index is 0.324. The van der Waals surface area contributed by atoms with E-state index in [-0.39, 0.29) is 5.82 Å². The predicted octanol–water partition coefficient (Wildman–Crippen LogP) is 3.70. The Bertz CT molecular complexity index is 494. The molecule has 0 unspecified atom stereocenters. The van der Waals surface area contributed by atoms with Gasteiger partial charge in [-0.15, -0.1) is 0 Å². The Morgan fingerprint density at radius 1 is 1.00 bits per heavy atom. The topological polar surface area (TPSA) is 26.0 Å². The summed E-state index contributed by atoms with van der Waals surface area (Å²) in [5.74, 6) is -0.742. The molecule has 0 aliphatic rings. The Hall–Kier alpha value is -1.55. The summed E-state index contributed by atoms with van der Waals surface area (Å²) < 4.78 is 26.4. The van der Waals surface area contributed by atoms with Gasteiger partial charge in [0.1, 0.15) is 11.6 Å². The summed E-state index contributed by atoms with van der Waals surface area (Å²) in [6.45, 7) is 0. The Morgan fingerprint density at radius 2 is 1.75 bits per heavy atom. The summed E-state index contributed by atoms with van der Waals surface area (Å²) in [4.78, 5) is 1.04. The fourth-order valence-electron chi connectivity index (χ4n) is 1.30. The third-order valence-corrected chi connectivity index (χ3v) is 2.98. The molecule has 0 aromatic heterocycles. The van der Waals surface area contributed by atoms with Crippen molar-refractivity contribution in [2.75, 3.05) is 5.73 Å².